The first-order valence-electron chi connectivity index (χ1n) is 5.35. The summed E-state index contributed by atoms with van der Waals surface area (Å²) in [5.74, 6) is 0.444. The molecule has 0 saturated heterocycles. The molecule has 1 atom stereocenters. The summed E-state index contributed by atoms with van der Waals surface area (Å²) in [5, 5.41) is 10.1. The highest BCUT2D eigenvalue weighted by atomic mass is 16.7. The Morgan fingerprint density at radius 3 is 2.88 bits per heavy atom. The van der Waals surface area contributed by atoms with Gasteiger partial charge in [-0.2, -0.15) is 0 Å². The zero-order chi connectivity index (χ0) is 12.5. The monoisotopic (exact) mass is 238 g/mol. The molecule has 17 heavy (non-hydrogen) atoms. The summed E-state index contributed by atoms with van der Waals surface area (Å²) in [4.78, 5) is 11.6. The molecule has 1 aliphatic heterocycles. The fourth-order valence-corrected chi connectivity index (χ4v) is 1.59. The molecule has 1 unspecified atom stereocenters. The lowest BCUT2D eigenvalue weighted by molar-refractivity contribution is -0.164. The van der Waals surface area contributed by atoms with Crippen LogP contribution in [0.3, 0.4) is 0 Å². The summed E-state index contributed by atoms with van der Waals surface area (Å²) in [6.45, 7) is 3.45. The Morgan fingerprint density at radius 2 is 2.18 bits per heavy atom. The van der Waals surface area contributed by atoms with Crippen LogP contribution in [-0.2, 0) is 15.1 Å². The highest BCUT2D eigenvalue weighted by molar-refractivity contribution is 5.80. The fraction of sp³-hybridized carbons (Fsp3) is 0.417. The summed E-state index contributed by atoms with van der Waals surface area (Å²) in [5.41, 5.74) is -1.27. The smallest absolute Gasteiger partial charge is 0.342 e. The molecular formula is C12H14O5. The Balaban J connectivity index is 2.30. The van der Waals surface area contributed by atoms with Gasteiger partial charge in [-0.05, 0) is 31.5 Å². The second kappa shape index (κ2) is 4.25. The third-order valence-electron chi connectivity index (χ3n) is 2.61. The average molecular weight is 238 g/mol. The van der Waals surface area contributed by atoms with E-state index in [4.69, 9.17) is 14.2 Å². The molecule has 1 aliphatic rings. The normalized spacial score (nSPS) is 16.4. The number of rotatable bonds is 3. The number of esters is 1. The van der Waals surface area contributed by atoms with Crippen molar-refractivity contribution in [2.45, 2.75) is 19.4 Å². The highest BCUT2D eigenvalue weighted by Crippen LogP contribution is 2.36. The summed E-state index contributed by atoms with van der Waals surface area (Å²) in [7, 11) is 0. The van der Waals surface area contributed by atoms with Crippen LogP contribution < -0.4 is 9.47 Å². The van der Waals surface area contributed by atoms with Crippen LogP contribution >= 0.6 is 0 Å². The summed E-state index contributed by atoms with van der Waals surface area (Å²) >= 11 is 0. The minimum absolute atomic E-state index is 0.153. The van der Waals surface area contributed by atoms with E-state index in [-0.39, 0.29) is 13.4 Å². The zero-order valence-corrected chi connectivity index (χ0v) is 9.73. The van der Waals surface area contributed by atoms with Gasteiger partial charge in [0.2, 0.25) is 6.79 Å². The van der Waals surface area contributed by atoms with Crippen LogP contribution in [0, 0.1) is 0 Å². The predicted molar refractivity (Wildman–Crippen MR) is 58.8 cm³/mol. The Labute approximate surface area is 98.9 Å². The third kappa shape index (κ3) is 2.06. The van der Waals surface area contributed by atoms with Crippen molar-refractivity contribution < 1.29 is 24.1 Å². The minimum atomic E-state index is -1.68. The number of hydrogen-bond donors (Lipinski definition) is 1. The molecule has 5 nitrogen and oxygen atoms in total. The van der Waals surface area contributed by atoms with Gasteiger partial charge in [-0.3, -0.25) is 0 Å². The molecule has 0 bridgehead atoms. The number of ether oxygens (including phenoxy) is 3. The molecule has 0 fully saturated rings. The number of carbonyl (C=O) groups excluding carboxylic acids is 1. The molecule has 1 aromatic rings. The lowest BCUT2D eigenvalue weighted by Crippen LogP contribution is -2.34. The largest absolute Gasteiger partial charge is 0.464 e. The van der Waals surface area contributed by atoms with Gasteiger partial charge in [-0.15, -0.1) is 0 Å². The van der Waals surface area contributed by atoms with Crippen molar-refractivity contribution >= 4 is 5.97 Å². The quantitative estimate of drug-likeness (QED) is 0.801. The van der Waals surface area contributed by atoms with Crippen LogP contribution in [0.4, 0.5) is 0 Å². The van der Waals surface area contributed by atoms with E-state index < -0.39 is 11.6 Å². The predicted octanol–water partition coefficient (Wildman–Crippen LogP) is 1.19. The van der Waals surface area contributed by atoms with Crippen LogP contribution in [-0.4, -0.2) is 24.5 Å². The van der Waals surface area contributed by atoms with Crippen molar-refractivity contribution in [2.24, 2.45) is 0 Å². The molecule has 92 valence electrons. The maximum Gasteiger partial charge on any atom is 0.342 e. The third-order valence-corrected chi connectivity index (χ3v) is 2.61. The molecule has 1 aromatic carbocycles. The number of aliphatic hydroxyl groups is 1. The van der Waals surface area contributed by atoms with E-state index in [0.717, 1.165) is 0 Å². The van der Waals surface area contributed by atoms with Crippen LogP contribution in [0.2, 0.25) is 0 Å². The summed E-state index contributed by atoms with van der Waals surface area (Å²) in [6.07, 6.45) is 0. The average Bonchev–Trinajstić information content (AvgIpc) is 2.76. The standard InChI is InChI=1S/C12H14O5/c1-3-15-11(13)12(2,14)8-4-5-9-10(6-8)17-7-16-9/h4-6,14H,3,7H2,1-2H3. The van der Waals surface area contributed by atoms with Gasteiger partial charge in [0.15, 0.2) is 17.1 Å². The van der Waals surface area contributed by atoms with E-state index in [1.165, 1.54) is 6.92 Å². The molecule has 0 radical (unpaired) electrons. The molecule has 0 spiro atoms. The molecule has 5 heteroatoms. The van der Waals surface area contributed by atoms with E-state index in [0.29, 0.717) is 17.1 Å². The Bertz CT molecular complexity index is 439. The highest BCUT2D eigenvalue weighted by Gasteiger charge is 2.35. The van der Waals surface area contributed by atoms with Gasteiger partial charge >= 0.3 is 5.97 Å². The Hall–Kier alpha value is -1.75. The van der Waals surface area contributed by atoms with Crippen LogP contribution in [0.25, 0.3) is 0 Å². The van der Waals surface area contributed by atoms with Crippen LogP contribution in [0.1, 0.15) is 19.4 Å². The molecular weight excluding hydrogens is 224 g/mol. The number of hydrogen-bond acceptors (Lipinski definition) is 5. The van der Waals surface area contributed by atoms with Gasteiger partial charge in [-0.25, -0.2) is 4.79 Å². The summed E-state index contributed by atoms with van der Waals surface area (Å²) in [6, 6.07) is 4.86. The zero-order valence-electron chi connectivity index (χ0n) is 9.73. The lowest BCUT2D eigenvalue weighted by atomic mass is 9.96. The van der Waals surface area contributed by atoms with Crippen molar-refractivity contribution in [3.63, 3.8) is 0 Å². The summed E-state index contributed by atoms with van der Waals surface area (Å²) < 4.78 is 15.2. The molecule has 1 heterocycles. The molecule has 0 amide bonds. The van der Waals surface area contributed by atoms with Crippen LogP contribution in [0.15, 0.2) is 18.2 Å². The van der Waals surface area contributed by atoms with Crippen LogP contribution in [0.5, 0.6) is 11.5 Å². The van der Waals surface area contributed by atoms with Gasteiger partial charge in [0.25, 0.3) is 0 Å². The van der Waals surface area contributed by atoms with Crippen molar-refractivity contribution in [2.75, 3.05) is 13.4 Å². The first kappa shape index (κ1) is 11.7. The van der Waals surface area contributed by atoms with E-state index in [2.05, 4.69) is 0 Å². The van der Waals surface area contributed by atoms with Crippen molar-refractivity contribution in [3.05, 3.63) is 23.8 Å². The Kier molecular flexibility index (Phi) is 2.93. The van der Waals surface area contributed by atoms with E-state index in [1.54, 1.807) is 25.1 Å². The first-order chi connectivity index (χ1) is 8.05. The van der Waals surface area contributed by atoms with Gasteiger partial charge in [0, 0.05) is 0 Å². The van der Waals surface area contributed by atoms with Crippen molar-refractivity contribution in [1.29, 1.82) is 0 Å². The molecule has 1 N–H and O–H groups in total. The Morgan fingerprint density at radius 1 is 1.47 bits per heavy atom. The SMILES string of the molecule is CCOC(=O)C(C)(O)c1ccc2c(c1)OCO2. The van der Waals surface area contributed by atoms with Crippen molar-refractivity contribution in [1.82, 2.24) is 0 Å². The van der Waals surface area contributed by atoms with Gasteiger partial charge in [0.05, 0.1) is 6.61 Å². The molecule has 0 saturated carbocycles. The van der Waals surface area contributed by atoms with E-state index in [1.807, 2.05) is 0 Å². The second-order valence-electron chi connectivity index (χ2n) is 3.86. The van der Waals surface area contributed by atoms with Gasteiger partial charge in [-0.1, -0.05) is 6.07 Å². The fourth-order valence-electron chi connectivity index (χ4n) is 1.59. The number of fused-ring (bicyclic) bond motifs is 1. The minimum Gasteiger partial charge on any atom is -0.464 e. The second-order valence-corrected chi connectivity index (χ2v) is 3.86. The number of benzene rings is 1. The molecule has 0 aromatic heterocycles. The van der Waals surface area contributed by atoms with E-state index >= 15 is 0 Å². The maximum atomic E-state index is 11.6. The van der Waals surface area contributed by atoms with Gasteiger partial charge < -0.3 is 19.3 Å². The lowest BCUT2D eigenvalue weighted by Gasteiger charge is -2.21. The molecule has 2 rings (SSSR count). The van der Waals surface area contributed by atoms with E-state index in [9.17, 15) is 9.90 Å². The first-order valence-corrected chi connectivity index (χ1v) is 5.35. The molecule has 0 aliphatic carbocycles. The van der Waals surface area contributed by atoms with Gasteiger partial charge in [0.1, 0.15) is 0 Å². The van der Waals surface area contributed by atoms with Crippen molar-refractivity contribution in [3.8, 4) is 11.5 Å². The number of carbonyl (C=O) groups is 1. The maximum absolute atomic E-state index is 11.6. The topological polar surface area (TPSA) is 65.0 Å².